The number of carboxylic acid groups (broad SMARTS) is 1. The number of unbranched alkanes of at least 4 members (excludes halogenated alkanes) is 12. The molecule has 0 spiro atoms. The van der Waals surface area contributed by atoms with Gasteiger partial charge in [0.25, 0.3) is 0 Å². The van der Waals surface area contributed by atoms with Crippen molar-refractivity contribution in [2.45, 2.75) is 193 Å². The standard InChI is InChI=1S/C57H93NO7/c1-6-8-10-12-14-16-18-20-22-24-26-27-28-30-32-34-36-38-40-42-44-46-48-56(60)65-53(51-63-50-49-54(57(61)62)58(3,4)5)52-64-55(59)47-45-43-41-39-37-35-33-31-29-25-23-21-19-17-15-13-11-9-7-2/h8-11,14-17,20-23,26-27,30,32,36,38,53-54H,6-7,12-13,18-19,24-25,28-29,31,33-35,37,39-52H2,1-5H3/p+1/b10-8+,11-9+,16-14+,17-15+,22-20+,23-21+,27-26+,32-30+,38-36+. The van der Waals surface area contributed by atoms with Gasteiger partial charge < -0.3 is 23.8 Å². The van der Waals surface area contributed by atoms with E-state index in [4.69, 9.17) is 14.2 Å². The number of quaternary nitrogens is 1. The van der Waals surface area contributed by atoms with E-state index in [-0.39, 0.29) is 42.7 Å². The Balaban J connectivity index is 4.36. The molecule has 0 aromatic carbocycles. The van der Waals surface area contributed by atoms with Crippen LogP contribution in [0.3, 0.4) is 0 Å². The molecule has 0 bridgehead atoms. The Morgan fingerprint density at radius 2 is 0.815 bits per heavy atom. The van der Waals surface area contributed by atoms with E-state index in [9.17, 15) is 19.5 Å². The van der Waals surface area contributed by atoms with Crippen LogP contribution in [0, 0.1) is 0 Å². The molecule has 368 valence electrons. The molecular formula is C57H94NO7+. The zero-order chi connectivity index (χ0) is 47.7. The molecule has 0 rings (SSSR count). The second kappa shape index (κ2) is 46.5. The second-order valence-electron chi connectivity index (χ2n) is 17.7. The van der Waals surface area contributed by atoms with Crippen molar-refractivity contribution >= 4 is 17.9 Å². The van der Waals surface area contributed by atoms with Crippen molar-refractivity contribution in [1.29, 1.82) is 0 Å². The highest BCUT2D eigenvalue weighted by Crippen LogP contribution is 2.14. The third-order valence-corrected chi connectivity index (χ3v) is 10.7. The van der Waals surface area contributed by atoms with E-state index in [0.29, 0.717) is 19.3 Å². The SMILES string of the molecule is CC/C=C/C/C=C/C/C=C/C/C=C/C/C=C/C/C=C/CCCCCC(=O)OC(COCCC(C(=O)O)[N+](C)(C)C)COC(=O)CCCCCCCCCCC/C=C/C/C=C/C/C=C/CC. The topological polar surface area (TPSA) is 99.1 Å². The molecule has 8 heteroatoms. The van der Waals surface area contributed by atoms with E-state index >= 15 is 0 Å². The van der Waals surface area contributed by atoms with Crippen molar-refractivity contribution in [3.05, 3.63) is 109 Å². The first-order valence-electron chi connectivity index (χ1n) is 25.4. The molecule has 8 nitrogen and oxygen atoms in total. The van der Waals surface area contributed by atoms with Crippen LogP contribution in [0.2, 0.25) is 0 Å². The number of likely N-dealkylation sites (N-methyl/N-ethyl adjacent to an activating group) is 1. The first-order chi connectivity index (χ1) is 31.6. The molecule has 1 N–H and O–H groups in total. The minimum Gasteiger partial charge on any atom is -0.477 e. The lowest BCUT2D eigenvalue weighted by Crippen LogP contribution is -2.50. The molecule has 2 unspecified atom stereocenters. The fourth-order valence-corrected chi connectivity index (χ4v) is 6.81. The zero-order valence-corrected chi connectivity index (χ0v) is 41.9. The average Bonchev–Trinajstić information content (AvgIpc) is 3.27. The van der Waals surface area contributed by atoms with Gasteiger partial charge in [0.2, 0.25) is 0 Å². The minimum atomic E-state index is -0.886. The van der Waals surface area contributed by atoms with Crippen LogP contribution in [0.25, 0.3) is 0 Å². The van der Waals surface area contributed by atoms with Gasteiger partial charge in [-0.2, -0.15) is 0 Å². The molecule has 0 radical (unpaired) electrons. The lowest BCUT2D eigenvalue weighted by atomic mass is 10.1. The monoisotopic (exact) mass is 905 g/mol. The van der Waals surface area contributed by atoms with Gasteiger partial charge in [0.1, 0.15) is 6.61 Å². The van der Waals surface area contributed by atoms with Crippen LogP contribution in [-0.4, -0.2) is 80.6 Å². The van der Waals surface area contributed by atoms with E-state index in [1.165, 1.54) is 38.5 Å². The Morgan fingerprint density at radius 3 is 1.22 bits per heavy atom. The minimum absolute atomic E-state index is 0.0386. The predicted octanol–water partition coefficient (Wildman–Crippen LogP) is 14.8. The van der Waals surface area contributed by atoms with Crippen LogP contribution in [0.15, 0.2) is 109 Å². The quantitative estimate of drug-likeness (QED) is 0.0281. The van der Waals surface area contributed by atoms with Crippen LogP contribution < -0.4 is 0 Å². The number of aliphatic carboxylic acids is 1. The van der Waals surface area contributed by atoms with Gasteiger partial charge in [-0.15, -0.1) is 0 Å². The number of nitrogens with zero attached hydrogens (tertiary/aromatic N) is 1. The molecule has 0 fully saturated rings. The van der Waals surface area contributed by atoms with Gasteiger partial charge in [0.15, 0.2) is 12.1 Å². The summed E-state index contributed by atoms with van der Waals surface area (Å²) in [4.78, 5) is 37.2. The van der Waals surface area contributed by atoms with Crippen LogP contribution in [0.5, 0.6) is 0 Å². The maximum atomic E-state index is 12.8. The van der Waals surface area contributed by atoms with Gasteiger partial charge in [-0.05, 0) is 96.3 Å². The summed E-state index contributed by atoms with van der Waals surface area (Å²) in [7, 11) is 5.51. The summed E-state index contributed by atoms with van der Waals surface area (Å²) in [6.45, 7) is 4.46. The molecule has 0 aromatic heterocycles. The lowest BCUT2D eigenvalue weighted by molar-refractivity contribution is -0.887. The second-order valence-corrected chi connectivity index (χ2v) is 17.7. The van der Waals surface area contributed by atoms with Crippen molar-refractivity contribution in [3.8, 4) is 0 Å². The Hall–Kier alpha value is -4.01. The summed E-state index contributed by atoms with van der Waals surface area (Å²) >= 11 is 0. The molecule has 0 saturated carbocycles. The number of esters is 2. The van der Waals surface area contributed by atoms with Gasteiger partial charge in [0.05, 0.1) is 34.4 Å². The molecule has 0 amide bonds. The molecule has 0 aromatic rings. The van der Waals surface area contributed by atoms with Crippen molar-refractivity contribution in [2.24, 2.45) is 0 Å². The van der Waals surface area contributed by atoms with Crippen LogP contribution in [0.4, 0.5) is 0 Å². The van der Waals surface area contributed by atoms with Crippen molar-refractivity contribution in [2.75, 3.05) is 41.0 Å². The number of hydrogen-bond acceptors (Lipinski definition) is 6. The molecular weight excluding hydrogens is 811 g/mol. The summed E-state index contributed by atoms with van der Waals surface area (Å²) in [5.74, 6) is -1.53. The van der Waals surface area contributed by atoms with Crippen molar-refractivity contribution in [1.82, 2.24) is 0 Å². The van der Waals surface area contributed by atoms with Crippen molar-refractivity contribution in [3.63, 3.8) is 0 Å². The highest BCUT2D eigenvalue weighted by atomic mass is 16.6. The number of carbonyl (C=O) groups excluding carboxylic acids is 2. The Kier molecular flexibility index (Phi) is 43.6. The molecule has 0 aliphatic rings. The van der Waals surface area contributed by atoms with Gasteiger partial charge in [-0.3, -0.25) is 9.59 Å². The summed E-state index contributed by atoms with van der Waals surface area (Å²) in [6.07, 6.45) is 64.2. The largest absolute Gasteiger partial charge is 0.477 e. The van der Waals surface area contributed by atoms with Crippen molar-refractivity contribution < 1.29 is 38.2 Å². The maximum Gasteiger partial charge on any atom is 0.362 e. The maximum absolute atomic E-state index is 12.8. The summed E-state index contributed by atoms with van der Waals surface area (Å²) < 4.78 is 17.3. The Morgan fingerprint density at radius 1 is 0.462 bits per heavy atom. The molecule has 0 heterocycles. The number of hydrogen-bond donors (Lipinski definition) is 1. The van der Waals surface area contributed by atoms with Gasteiger partial charge >= 0.3 is 17.9 Å². The first kappa shape index (κ1) is 61.0. The molecule has 2 atom stereocenters. The predicted molar refractivity (Wildman–Crippen MR) is 275 cm³/mol. The highest BCUT2D eigenvalue weighted by molar-refractivity contribution is 5.72. The van der Waals surface area contributed by atoms with Crippen LogP contribution in [-0.2, 0) is 28.6 Å². The van der Waals surface area contributed by atoms with Gasteiger partial charge in [0, 0.05) is 19.3 Å². The van der Waals surface area contributed by atoms with E-state index in [1.54, 1.807) is 0 Å². The smallest absolute Gasteiger partial charge is 0.362 e. The fraction of sp³-hybridized carbons (Fsp3) is 0.632. The Bertz CT molecular complexity index is 1420. The van der Waals surface area contributed by atoms with Gasteiger partial charge in [-0.25, -0.2) is 4.79 Å². The van der Waals surface area contributed by atoms with E-state index in [0.717, 1.165) is 103 Å². The van der Waals surface area contributed by atoms with E-state index in [1.807, 2.05) is 21.1 Å². The fourth-order valence-electron chi connectivity index (χ4n) is 6.81. The van der Waals surface area contributed by atoms with Crippen LogP contribution >= 0.6 is 0 Å². The third-order valence-electron chi connectivity index (χ3n) is 10.7. The molecule has 0 aliphatic carbocycles. The van der Waals surface area contributed by atoms with Gasteiger partial charge in [-0.1, -0.05) is 175 Å². The summed E-state index contributed by atoms with van der Waals surface area (Å²) in [5.41, 5.74) is 0. The first-order valence-corrected chi connectivity index (χ1v) is 25.4. The number of carbonyl (C=O) groups is 3. The van der Waals surface area contributed by atoms with E-state index < -0.39 is 18.1 Å². The molecule has 0 saturated heterocycles. The average molecular weight is 905 g/mol. The third kappa shape index (κ3) is 45.0. The number of ether oxygens (including phenoxy) is 3. The van der Waals surface area contributed by atoms with E-state index in [2.05, 4.69) is 123 Å². The summed E-state index contributed by atoms with van der Waals surface area (Å²) in [6, 6.07) is -0.629. The summed E-state index contributed by atoms with van der Waals surface area (Å²) in [5, 5.41) is 9.66. The molecule has 65 heavy (non-hydrogen) atoms. The lowest BCUT2D eigenvalue weighted by Gasteiger charge is -2.31. The Labute approximate surface area is 398 Å². The highest BCUT2D eigenvalue weighted by Gasteiger charge is 2.31. The number of allylic oxidation sites excluding steroid dienone is 18. The normalized spacial score (nSPS) is 13.8. The number of rotatable bonds is 44. The molecule has 0 aliphatic heterocycles. The zero-order valence-electron chi connectivity index (χ0n) is 41.9. The van der Waals surface area contributed by atoms with Crippen LogP contribution in [0.1, 0.15) is 181 Å². The number of carboxylic acids is 1.